The van der Waals surface area contributed by atoms with Crippen molar-refractivity contribution in [2.75, 3.05) is 0 Å². The van der Waals surface area contributed by atoms with Crippen LogP contribution in [0.25, 0.3) is 22.5 Å². The van der Waals surface area contributed by atoms with Crippen molar-refractivity contribution in [3.05, 3.63) is 265 Å². The Balaban J connectivity index is 1.62. The third-order valence-corrected chi connectivity index (χ3v) is 21.6. The van der Waals surface area contributed by atoms with Crippen LogP contribution in [0.15, 0.2) is 243 Å². The smallest absolute Gasteiger partial charge is 0.220 e. The summed E-state index contributed by atoms with van der Waals surface area (Å²) >= 11 is 0. The zero-order valence-corrected chi connectivity index (χ0v) is 33.2. The molecule has 56 heavy (non-hydrogen) atoms. The highest BCUT2D eigenvalue weighted by Gasteiger charge is 2.61. The first-order valence-corrected chi connectivity index (χ1v) is 23.1. The molecule has 8 aromatic carbocycles. The van der Waals surface area contributed by atoms with Crippen molar-refractivity contribution >= 4 is 64.5 Å². The molecule has 0 aliphatic heterocycles. The van der Waals surface area contributed by atoms with Crippen LogP contribution in [0.5, 0.6) is 0 Å². The molecule has 0 atom stereocenters. The van der Waals surface area contributed by atoms with E-state index in [0.29, 0.717) is 0 Å². The average Bonchev–Trinajstić information content (AvgIpc) is 3.29. The average molecular weight is 751 g/mol. The van der Waals surface area contributed by atoms with Crippen molar-refractivity contribution in [1.29, 1.82) is 0 Å². The summed E-state index contributed by atoms with van der Waals surface area (Å²) in [6.45, 7) is 0. The lowest BCUT2D eigenvalue weighted by molar-refractivity contribution is 0.273. The summed E-state index contributed by atoms with van der Waals surface area (Å²) in [4.78, 5) is 17.9. The van der Waals surface area contributed by atoms with Crippen LogP contribution in [-0.2, 0) is 0 Å². The van der Waals surface area contributed by atoms with Gasteiger partial charge in [0.1, 0.15) is 5.03 Å². The van der Waals surface area contributed by atoms with E-state index in [9.17, 15) is 0 Å². The molecule has 0 aliphatic carbocycles. The van der Waals surface area contributed by atoms with E-state index >= 15 is 4.79 Å². The largest absolute Gasteiger partial charge is 0.308 e. The minimum absolute atomic E-state index is 0.289. The number of hydrogen-bond donors (Lipinski definition) is 0. The Hall–Kier alpha value is -6.66. The Morgan fingerprint density at radius 3 is 0.750 bits per heavy atom. The fraction of sp³-hybridized carbons (Fsp3) is 0. The fourth-order valence-electron chi connectivity index (χ4n) is 8.24. The molecule has 0 bridgehead atoms. The molecule has 0 N–H and O–H groups in total. The minimum atomic E-state index is -3.77. The molecule has 0 saturated heterocycles. The lowest BCUT2D eigenvalue weighted by atomic mass is 10.1. The molecule has 0 saturated carbocycles. The molecule has 3 heteroatoms. The van der Waals surface area contributed by atoms with Gasteiger partial charge in [-0.3, -0.25) is 0 Å². The van der Waals surface area contributed by atoms with Crippen molar-refractivity contribution in [2.45, 2.75) is 0 Å². The molecule has 0 unspecified atom stereocenters. The van der Waals surface area contributed by atoms with Gasteiger partial charge in [0.15, 0.2) is 0 Å². The van der Waals surface area contributed by atoms with E-state index in [2.05, 4.69) is 243 Å². The van der Waals surface area contributed by atoms with Gasteiger partial charge in [-0.25, -0.2) is 0 Å². The summed E-state index contributed by atoms with van der Waals surface area (Å²) in [6.07, 6.45) is 4.61. The molecule has 0 spiro atoms. The third kappa shape index (κ3) is 6.91. The van der Waals surface area contributed by atoms with E-state index in [1.165, 1.54) is 0 Å². The van der Waals surface area contributed by atoms with E-state index < -0.39 is 16.1 Å². The predicted octanol–water partition coefficient (Wildman–Crippen LogP) is 10.4. The van der Waals surface area contributed by atoms with Gasteiger partial charge in [0.25, 0.3) is 0 Å². The van der Waals surface area contributed by atoms with Crippen molar-refractivity contribution in [3.63, 3.8) is 0 Å². The van der Waals surface area contributed by atoms with Gasteiger partial charge >= 0.3 is 0 Å². The zero-order chi connectivity index (χ0) is 38.0. The van der Waals surface area contributed by atoms with Crippen LogP contribution in [0.2, 0.25) is 0 Å². The molecular formula is C53H42OSi2. The Labute approximate surface area is 332 Å². The second kappa shape index (κ2) is 16.8. The van der Waals surface area contributed by atoms with E-state index in [0.717, 1.165) is 53.4 Å². The Kier molecular flexibility index (Phi) is 10.9. The third-order valence-electron chi connectivity index (χ3n) is 10.7. The Morgan fingerprint density at radius 2 is 0.500 bits per heavy atom. The second-order valence-electron chi connectivity index (χ2n) is 14.0. The van der Waals surface area contributed by atoms with Crippen LogP contribution in [-0.4, -0.2) is 21.2 Å². The van der Waals surface area contributed by atoms with Crippen molar-refractivity contribution < 1.29 is 4.79 Å². The van der Waals surface area contributed by atoms with Crippen LogP contribution >= 0.6 is 0 Å². The van der Waals surface area contributed by atoms with Gasteiger partial charge in [-0.15, -0.1) is 0 Å². The van der Waals surface area contributed by atoms with Gasteiger partial charge in [-0.05, 0) is 53.4 Å². The van der Waals surface area contributed by atoms with Crippen LogP contribution in [0, 0.1) is 0 Å². The van der Waals surface area contributed by atoms with Crippen LogP contribution in [0.4, 0.5) is 4.79 Å². The van der Waals surface area contributed by atoms with Gasteiger partial charge in [-0.1, -0.05) is 255 Å². The number of benzene rings is 8. The number of rotatable bonds is 12. The summed E-state index contributed by atoms with van der Waals surface area (Å²) in [5.41, 5.74) is 4.19. The molecule has 8 rings (SSSR count). The lowest BCUT2D eigenvalue weighted by Crippen LogP contribution is -2.78. The summed E-state index contributed by atoms with van der Waals surface area (Å²) in [7, 11) is -7.55. The van der Waals surface area contributed by atoms with E-state index in [1.54, 1.807) is 0 Å². The first-order chi connectivity index (χ1) is 27.7. The standard InChI is InChI=1S/C53H42OSi2/c54-53(55(47-33-17-5-18-34-47,48-35-19-6-20-36-48)51(45-29-13-3-14-30-45)41-43-25-9-1-10-26-43)56(49-37-21-7-22-38-49,50-39-23-8-24-40-50)52(46-31-15-4-16-32-46)42-44-27-11-2-12-28-44/h1-42H/b51-41+,52-42+. The topological polar surface area (TPSA) is 17.1 Å². The first kappa shape index (κ1) is 36.3. The molecule has 0 aliphatic rings. The van der Waals surface area contributed by atoms with E-state index in [1.807, 2.05) is 12.1 Å². The van der Waals surface area contributed by atoms with Gasteiger partial charge < -0.3 is 4.79 Å². The molecule has 0 fully saturated rings. The van der Waals surface area contributed by atoms with Crippen LogP contribution in [0.1, 0.15) is 22.3 Å². The molecule has 268 valence electrons. The molecule has 0 heterocycles. The maximum absolute atomic E-state index is 17.9. The highest BCUT2D eigenvalue weighted by molar-refractivity contribution is 7.56. The van der Waals surface area contributed by atoms with Gasteiger partial charge in [0, 0.05) is 0 Å². The van der Waals surface area contributed by atoms with Gasteiger partial charge in [0.05, 0.1) is 0 Å². The summed E-state index contributed by atoms with van der Waals surface area (Å²) < 4.78 is 0. The van der Waals surface area contributed by atoms with E-state index in [4.69, 9.17) is 0 Å². The Bertz CT molecular complexity index is 2280. The molecule has 0 amide bonds. The Morgan fingerprint density at radius 1 is 0.286 bits per heavy atom. The normalized spacial score (nSPS) is 12.2. The van der Waals surface area contributed by atoms with Crippen molar-refractivity contribution in [1.82, 2.24) is 0 Å². The predicted molar refractivity (Wildman–Crippen MR) is 243 cm³/mol. The monoisotopic (exact) mass is 750 g/mol. The summed E-state index contributed by atoms with van der Waals surface area (Å²) in [5.74, 6) is 0. The van der Waals surface area contributed by atoms with Crippen molar-refractivity contribution in [3.8, 4) is 0 Å². The molecule has 0 aromatic heterocycles. The quantitative estimate of drug-likeness (QED) is 0.0898. The zero-order valence-electron chi connectivity index (χ0n) is 31.2. The van der Waals surface area contributed by atoms with Gasteiger partial charge in [-0.2, -0.15) is 0 Å². The maximum atomic E-state index is 17.9. The molecule has 0 radical (unpaired) electrons. The van der Waals surface area contributed by atoms with Crippen molar-refractivity contribution in [2.24, 2.45) is 0 Å². The maximum Gasteiger partial charge on any atom is 0.220 e. The lowest BCUT2D eigenvalue weighted by Gasteiger charge is -2.44. The number of carbonyl (C=O) groups excluding carboxylic acids is 1. The minimum Gasteiger partial charge on any atom is -0.308 e. The number of carbonyl (C=O) groups is 1. The molecule has 8 aromatic rings. The molecule has 1 nitrogen and oxygen atoms in total. The second-order valence-corrected chi connectivity index (χ2v) is 21.8. The van der Waals surface area contributed by atoms with Crippen LogP contribution in [0.3, 0.4) is 0 Å². The molecular weight excluding hydrogens is 709 g/mol. The van der Waals surface area contributed by atoms with Crippen LogP contribution < -0.4 is 20.7 Å². The van der Waals surface area contributed by atoms with E-state index in [-0.39, 0.29) is 5.03 Å². The highest BCUT2D eigenvalue weighted by atomic mass is 28.4. The fourth-order valence-corrected chi connectivity index (χ4v) is 21.2. The summed E-state index contributed by atoms with van der Waals surface area (Å²) in [6, 6.07) is 84.9. The van der Waals surface area contributed by atoms with Gasteiger partial charge in [0.2, 0.25) is 16.1 Å². The first-order valence-electron chi connectivity index (χ1n) is 19.1. The highest BCUT2D eigenvalue weighted by Crippen LogP contribution is 2.38. The number of hydrogen-bond acceptors (Lipinski definition) is 1. The SMILES string of the molecule is O=C([Si](/C(=C/c1ccccc1)c1ccccc1)(c1ccccc1)c1ccccc1)[Si](/C(=C/c1ccccc1)c1ccccc1)(c1ccccc1)c1ccccc1. The summed E-state index contributed by atoms with van der Waals surface area (Å²) in [5, 5.41) is 6.62.